The summed E-state index contributed by atoms with van der Waals surface area (Å²) in [6.07, 6.45) is 7.04. The molecule has 2 N–H and O–H groups in total. The SMILES string of the molecule is O=C(CCOCCOCCOCCOCCN1CCN(c2cnc(CCc3ccco3)n3cnnc23)CC1)NCCOc1cccc2c1C(=O)N(C1CCC(=O)NC1=O)C2=O. The summed E-state index contributed by atoms with van der Waals surface area (Å²) >= 11 is 0. The van der Waals surface area contributed by atoms with Gasteiger partial charge in [0.05, 0.1) is 83.0 Å². The molecule has 0 saturated carbocycles. The van der Waals surface area contributed by atoms with Crippen molar-refractivity contribution >= 4 is 40.9 Å². The monoisotopic (exact) mass is 845 g/mol. The highest BCUT2D eigenvalue weighted by molar-refractivity contribution is 6.24. The summed E-state index contributed by atoms with van der Waals surface area (Å²) in [5, 5.41) is 13.4. The summed E-state index contributed by atoms with van der Waals surface area (Å²) in [7, 11) is 0. The number of carbonyl (C=O) groups excluding carboxylic acids is 5. The number of fused-ring (bicyclic) bond motifs is 2. The molecule has 3 aliphatic rings. The number of ether oxygens (including phenoxy) is 5. The van der Waals surface area contributed by atoms with Crippen molar-refractivity contribution in [1.82, 2.24) is 40.0 Å². The van der Waals surface area contributed by atoms with Crippen LogP contribution in [0.5, 0.6) is 5.75 Å². The third-order valence-electron chi connectivity index (χ3n) is 10.5. The molecule has 2 fully saturated rings. The Kier molecular flexibility index (Phi) is 15.4. The van der Waals surface area contributed by atoms with Crippen molar-refractivity contribution in [2.45, 2.75) is 38.1 Å². The van der Waals surface area contributed by atoms with E-state index in [0.717, 1.165) is 73.4 Å². The van der Waals surface area contributed by atoms with Crippen molar-refractivity contribution in [3.8, 4) is 5.75 Å². The lowest BCUT2D eigenvalue weighted by Gasteiger charge is -2.35. The molecule has 1 aromatic carbocycles. The third kappa shape index (κ3) is 11.3. The summed E-state index contributed by atoms with van der Waals surface area (Å²) in [6, 6.07) is 7.40. The van der Waals surface area contributed by atoms with Crippen LogP contribution in [0.3, 0.4) is 0 Å². The normalized spacial score (nSPS) is 17.0. The van der Waals surface area contributed by atoms with Crippen LogP contribution < -0.4 is 20.3 Å². The molecule has 61 heavy (non-hydrogen) atoms. The minimum Gasteiger partial charge on any atom is -0.491 e. The number of amides is 5. The number of hydrogen-bond acceptors (Lipinski definition) is 16. The number of carbonyl (C=O) groups is 5. The topological polar surface area (TPSA) is 221 Å². The van der Waals surface area contributed by atoms with E-state index in [2.05, 4.69) is 30.6 Å². The number of nitrogens with zero attached hydrogens (tertiary/aromatic N) is 7. The van der Waals surface area contributed by atoms with Gasteiger partial charge in [0, 0.05) is 58.4 Å². The minimum absolute atomic E-state index is 0.0296. The molecule has 3 aliphatic heterocycles. The molecule has 0 aliphatic carbocycles. The Balaban J connectivity index is 0.658. The van der Waals surface area contributed by atoms with Crippen LogP contribution in [0.1, 0.15) is 51.6 Å². The second-order valence-electron chi connectivity index (χ2n) is 14.5. The van der Waals surface area contributed by atoms with Gasteiger partial charge in [-0.05, 0) is 30.7 Å². The predicted molar refractivity (Wildman–Crippen MR) is 215 cm³/mol. The van der Waals surface area contributed by atoms with E-state index in [1.54, 1.807) is 24.7 Å². The number of nitrogens with one attached hydrogen (secondary N) is 2. The third-order valence-corrected chi connectivity index (χ3v) is 10.5. The van der Waals surface area contributed by atoms with Crippen LogP contribution in [0.25, 0.3) is 5.65 Å². The Bertz CT molecular complexity index is 2120. The predicted octanol–water partition coefficient (Wildman–Crippen LogP) is 0.677. The highest BCUT2D eigenvalue weighted by Crippen LogP contribution is 2.33. The number of piperazine rings is 1. The van der Waals surface area contributed by atoms with Crippen molar-refractivity contribution < 1.29 is 52.1 Å². The first kappa shape index (κ1) is 43.3. The summed E-state index contributed by atoms with van der Waals surface area (Å²) in [4.78, 5) is 72.6. The smallest absolute Gasteiger partial charge is 0.266 e. The van der Waals surface area contributed by atoms with Crippen molar-refractivity contribution in [3.05, 3.63) is 71.8 Å². The standard InChI is InChI=1S/C41H51N9O11/c51-35(42-11-19-61-33-5-1-4-30-37(33)41(55)50(40(30)54)31-7-9-36(52)45-39(31)53)10-18-56-21-23-58-25-26-59-24-22-57-20-16-47-12-14-48(15-13-47)32-27-43-34(49-28-44-46-38(32)49)8-6-29-3-2-17-60-29/h1-5,17,27-28,31H,6-16,18-26H2,(H,42,51)(H,45,52,53). The van der Waals surface area contributed by atoms with E-state index in [-0.39, 0.29) is 61.8 Å². The summed E-state index contributed by atoms with van der Waals surface area (Å²) in [6.45, 7) is 7.95. The van der Waals surface area contributed by atoms with Gasteiger partial charge < -0.3 is 38.3 Å². The number of hydrogen-bond donors (Lipinski definition) is 2. The first-order chi connectivity index (χ1) is 29.9. The number of furan rings is 1. The first-order valence-electron chi connectivity index (χ1n) is 20.6. The lowest BCUT2D eigenvalue weighted by Crippen LogP contribution is -2.54. The largest absolute Gasteiger partial charge is 0.491 e. The van der Waals surface area contributed by atoms with Crippen molar-refractivity contribution in [2.24, 2.45) is 0 Å². The van der Waals surface area contributed by atoms with E-state index in [9.17, 15) is 24.0 Å². The van der Waals surface area contributed by atoms with Gasteiger partial charge in [-0.2, -0.15) is 0 Å². The number of anilines is 1. The van der Waals surface area contributed by atoms with E-state index in [1.165, 1.54) is 6.07 Å². The van der Waals surface area contributed by atoms with Gasteiger partial charge in [-0.15, -0.1) is 10.2 Å². The van der Waals surface area contributed by atoms with Crippen LogP contribution in [0.15, 0.2) is 53.5 Å². The van der Waals surface area contributed by atoms with Crippen LogP contribution in [0.2, 0.25) is 0 Å². The van der Waals surface area contributed by atoms with Crippen LogP contribution in [-0.4, -0.2) is 164 Å². The van der Waals surface area contributed by atoms with Gasteiger partial charge in [-0.1, -0.05) is 6.07 Å². The number of rotatable bonds is 24. The second-order valence-corrected chi connectivity index (χ2v) is 14.5. The van der Waals surface area contributed by atoms with Crippen LogP contribution in [-0.2, 0) is 46.2 Å². The summed E-state index contributed by atoms with van der Waals surface area (Å²) in [5.41, 5.74) is 1.98. The zero-order chi connectivity index (χ0) is 42.4. The first-order valence-corrected chi connectivity index (χ1v) is 20.6. The maximum Gasteiger partial charge on any atom is 0.266 e. The highest BCUT2D eigenvalue weighted by atomic mass is 16.6. The molecule has 0 spiro atoms. The molecular weight excluding hydrogens is 795 g/mol. The average Bonchev–Trinajstić information content (AvgIpc) is 4.03. The minimum atomic E-state index is -1.07. The van der Waals surface area contributed by atoms with E-state index in [4.69, 9.17) is 33.1 Å². The Hall–Kier alpha value is -5.80. The van der Waals surface area contributed by atoms with E-state index in [1.807, 2.05) is 22.7 Å². The fourth-order valence-corrected chi connectivity index (χ4v) is 7.33. The van der Waals surface area contributed by atoms with Crippen molar-refractivity contribution in [1.29, 1.82) is 0 Å². The van der Waals surface area contributed by atoms with Crippen molar-refractivity contribution in [2.75, 3.05) is 104 Å². The van der Waals surface area contributed by atoms with E-state index in [0.29, 0.717) is 46.2 Å². The quantitative estimate of drug-likeness (QED) is 0.0731. The number of imide groups is 2. The second kappa shape index (κ2) is 21.6. The van der Waals surface area contributed by atoms with Crippen LogP contribution in [0, 0.1) is 0 Å². The number of piperidine rings is 1. The fourth-order valence-electron chi connectivity index (χ4n) is 7.33. The van der Waals surface area contributed by atoms with Gasteiger partial charge in [0.25, 0.3) is 11.8 Å². The maximum absolute atomic E-state index is 13.2. The van der Waals surface area contributed by atoms with Gasteiger partial charge in [0.1, 0.15) is 42.0 Å². The molecule has 20 heteroatoms. The molecule has 1 atom stereocenters. The molecule has 3 aromatic heterocycles. The van der Waals surface area contributed by atoms with E-state index < -0.39 is 29.7 Å². The molecule has 6 heterocycles. The Labute approximate surface area is 351 Å². The lowest BCUT2D eigenvalue weighted by molar-refractivity contribution is -0.136. The molecule has 7 rings (SSSR count). The Morgan fingerprint density at radius 3 is 2.34 bits per heavy atom. The van der Waals surface area contributed by atoms with Gasteiger partial charge >= 0.3 is 0 Å². The molecule has 0 radical (unpaired) electrons. The number of aromatic nitrogens is 4. The molecule has 4 aromatic rings. The number of benzene rings is 1. The molecule has 326 valence electrons. The maximum atomic E-state index is 13.2. The molecule has 0 bridgehead atoms. The summed E-state index contributed by atoms with van der Waals surface area (Å²) in [5.74, 6) is -0.648. The average molecular weight is 846 g/mol. The molecule has 1 unspecified atom stereocenters. The lowest BCUT2D eigenvalue weighted by atomic mass is 10.0. The van der Waals surface area contributed by atoms with Gasteiger partial charge in [-0.25, -0.2) is 4.98 Å². The summed E-state index contributed by atoms with van der Waals surface area (Å²) < 4.78 is 35.6. The molecule has 2 saturated heterocycles. The van der Waals surface area contributed by atoms with Crippen LogP contribution >= 0.6 is 0 Å². The van der Waals surface area contributed by atoms with Crippen molar-refractivity contribution in [3.63, 3.8) is 0 Å². The molecule has 20 nitrogen and oxygen atoms in total. The molecular formula is C41H51N9O11. The van der Waals surface area contributed by atoms with Gasteiger partial charge in [0.2, 0.25) is 17.7 Å². The van der Waals surface area contributed by atoms with E-state index >= 15 is 0 Å². The van der Waals surface area contributed by atoms with Gasteiger partial charge in [-0.3, -0.25) is 43.5 Å². The zero-order valence-corrected chi connectivity index (χ0v) is 34.0. The number of aryl methyl sites for hydroxylation is 2. The highest BCUT2D eigenvalue weighted by Gasteiger charge is 2.46. The Morgan fingerprint density at radius 2 is 1.61 bits per heavy atom. The zero-order valence-electron chi connectivity index (χ0n) is 34.0. The van der Waals surface area contributed by atoms with Gasteiger partial charge in [0.15, 0.2) is 5.65 Å². The fraction of sp³-hybridized carbons (Fsp3) is 0.512. The molecule has 5 amide bonds. The van der Waals surface area contributed by atoms with Crippen LogP contribution in [0.4, 0.5) is 5.69 Å². The Morgan fingerprint density at radius 1 is 0.852 bits per heavy atom.